The molecule has 42 heavy (non-hydrogen) atoms. The number of sulfonamides is 1. The van der Waals surface area contributed by atoms with Crippen LogP contribution in [0.4, 0.5) is 11.4 Å². The Bertz CT molecular complexity index is 1710. The molecule has 1 atom stereocenters. The van der Waals surface area contributed by atoms with Crippen LogP contribution in [0.25, 0.3) is 0 Å². The van der Waals surface area contributed by atoms with Crippen molar-refractivity contribution in [2.24, 2.45) is 0 Å². The number of para-hydroxylation sites is 3. The first-order valence-electron chi connectivity index (χ1n) is 13.6. The van der Waals surface area contributed by atoms with Crippen LogP contribution in [-0.2, 0) is 32.6 Å². The largest absolute Gasteiger partial charge is 0.484 e. The van der Waals surface area contributed by atoms with E-state index in [1.807, 2.05) is 54.6 Å². The highest BCUT2D eigenvalue weighted by molar-refractivity contribution is 7.92. The first-order chi connectivity index (χ1) is 20.4. The number of hydrogen-bond acceptors (Lipinski definition) is 6. The number of rotatable bonds is 8. The van der Waals surface area contributed by atoms with Crippen molar-refractivity contribution in [3.63, 3.8) is 0 Å². The quantitative estimate of drug-likeness (QED) is 0.337. The Kier molecular flexibility index (Phi) is 7.54. The van der Waals surface area contributed by atoms with Crippen LogP contribution in [0.3, 0.4) is 0 Å². The second-order valence-electron chi connectivity index (χ2n) is 10.00. The van der Waals surface area contributed by atoms with Crippen molar-refractivity contribution in [2.75, 3.05) is 28.9 Å². The SMILES string of the molecule is O=C(NCc1ccccc1)[C@@H]1CN(C(=O)COc2ccc(S(=O)(=O)N3CCc4ccccc43)cc2)c2ccccc2O1. The average molecular weight is 584 g/mol. The van der Waals surface area contributed by atoms with Crippen LogP contribution in [0.15, 0.2) is 108 Å². The highest BCUT2D eigenvalue weighted by Gasteiger charge is 2.34. The molecule has 0 radical (unpaired) electrons. The molecular formula is C32H29N3O6S. The van der Waals surface area contributed by atoms with Gasteiger partial charge in [-0.2, -0.15) is 0 Å². The fraction of sp³-hybridized carbons (Fsp3) is 0.188. The fourth-order valence-electron chi connectivity index (χ4n) is 5.12. The van der Waals surface area contributed by atoms with Gasteiger partial charge in [0.1, 0.15) is 11.5 Å². The molecule has 9 nitrogen and oxygen atoms in total. The molecule has 0 aliphatic carbocycles. The zero-order valence-corrected chi connectivity index (χ0v) is 23.5. The smallest absolute Gasteiger partial charge is 0.265 e. The van der Waals surface area contributed by atoms with Gasteiger partial charge in [0.25, 0.3) is 21.8 Å². The number of hydrogen-bond donors (Lipinski definition) is 1. The van der Waals surface area contributed by atoms with E-state index in [1.54, 1.807) is 24.3 Å². The normalized spacial score (nSPS) is 15.8. The Balaban J connectivity index is 1.11. The van der Waals surface area contributed by atoms with E-state index in [0.717, 1.165) is 11.1 Å². The maximum absolute atomic E-state index is 13.3. The van der Waals surface area contributed by atoms with E-state index in [9.17, 15) is 18.0 Å². The molecule has 6 rings (SSSR count). The van der Waals surface area contributed by atoms with Crippen LogP contribution < -0.4 is 24.0 Å². The second-order valence-corrected chi connectivity index (χ2v) is 11.9. The molecule has 1 N–H and O–H groups in total. The summed E-state index contributed by atoms with van der Waals surface area (Å²) >= 11 is 0. The van der Waals surface area contributed by atoms with Crippen LogP contribution >= 0.6 is 0 Å². The van der Waals surface area contributed by atoms with Gasteiger partial charge in [0, 0.05) is 13.1 Å². The minimum absolute atomic E-state index is 0.0221. The molecular weight excluding hydrogens is 554 g/mol. The summed E-state index contributed by atoms with van der Waals surface area (Å²) in [5, 5.41) is 2.87. The maximum atomic E-state index is 13.3. The summed E-state index contributed by atoms with van der Waals surface area (Å²) in [7, 11) is -3.74. The van der Waals surface area contributed by atoms with Crippen LogP contribution in [0.1, 0.15) is 11.1 Å². The van der Waals surface area contributed by atoms with Crippen molar-refractivity contribution in [1.82, 2.24) is 5.32 Å². The molecule has 4 aromatic carbocycles. The maximum Gasteiger partial charge on any atom is 0.265 e. The average Bonchev–Trinajstić information content (AvgIpc) is 3.48. The number of ether oxygens (including phenoxy) is 2. The predicted molar refractivity (Wildman–Crippen MR) is 158 cm³/mol. The molecule has 0 aromatic heterocycles. The van der Waals surface area contributed by atoms with Crippen molar-refractivity contribution in [3.05, 3.63) is 114 Å². The number of nitrogens with zero attached hydrogens (tertiary/aromatic N) is 2. The third-order valence-corrected chi connectivity index (χ3v) is 9.12. The number of anilines is 2. The molecule has 10 heteroatoms. The zero-order chi connectivity index (χ0) is 29.1. The third kappa shape index (κ3) is 5.53. The summed E-state index contributed by atoms with van der Waals surface area (Å²) in [4.78, 5) is 27.9. The molecule has 0 bridgehead atoms. The van der Waals surface area contributed by atoms with Gasteiger partial charge < -0.3 is 19.7 Å². The molecule has 2 aliphatic heterocycles. The van der Waals surface area contributed by atoms with Gasteiger partial charge in [-0.25, -0.2) is 8.42 Å². The fourth-order valence-corrected chi connectivity index (χ4v) is 6.62. The summed E-state index contributed by atoms with van der Waals surface area (Å²) < 4.78 is 39.7. The van der Waals surface area contributed by atoms with E-state index in [4.69, 9.17) is 9.47 Å². The van der Waals surface area contributed by atoms with E-state index in [0.29, 0.717) is 42.4 Å². The monoisotopic (exact) mass is 583 g/mol. The van der Waals surface area contributed by atoms with Crippen LogP contribution in [-0.4, -0.2) is 46.0 Å². The summed E-state index contributed by atoms with van der Waals surface area (Å²) in [5.41, 5.74) is 3.19. The van der Waals surface area contributed by atoms with Crippen molar-refractivity contribution in [2.45, 2.75) is 24.0 Å². The topological polar surface area (TPSA) is 105 Å². The minimum Gasteiger partial charge on any atom is -0.484 e. The Hall–Kier alpha value is -4.83. The minimum atomic E-state index is -3.74. The van der Waals surface area contributed by atoms with E-state index < -0.39 is 16.1 Å². The van der Waals surface area contributed by atoms with E-state index in [2.05, 4.69) is 5.32 Å². The van der Waals surface area contributed by atoms with Crippen LogP contribution in [0.2, 0.25) is 0 Å². The Labute approximate surface area is 244 Å². The highest BCUT2D eigenvalue weighted by Crippen LogP contribution is 2.34. The summed E-state index contributed by atoms with van der Waals surface area (Å²) in [5.74, 6) is 0.0827. The molecule has 2 heterocycles. The lowest BCUT2D eigenvalue weighted by Crippen LogP contribution is -2.51. The second kappa shape index (κ2) is 11.6. The lowest BCUT2D eigenvalue weighted by Gasteiger charge is -2.34. The van der Waals surface area contributed by atoms with Gasteiger partial charge in [-0.1, -0.05) is 60.7 Å². The van der Waals surface area contributed by atoms with Crippen molar-refractivity contribution in [3.8, 4) is 11.5 Å². The number of carbonyl (C=O) groups is 2. The first kappa shape index (κ1) is 27.3. The number of amides is 2. The van der Waals surface area contributed by atoms with Crippen molar-refractivity contribution < 1.29 is 27.5 Å². The van der Waals surface area contributed by atoms with E-state index >= 15 is 0 Å². The number of nitrogens with one attached hydrogen (secondary N) is 1. The van der Waals surface area contributed by atoms with E-state index in [-0.39, 0.29) is 29.9 Å². The Morgan fingerprint density at radius 3 is 2.33 bits per heavy atom. The molecule has 0 spiro atoms. The summed E-state index contributed by atoms with van der Waals surface area (Å²) in [6.45, 7) is 0.446. The lowest BCUT2D eigenvalue weighted by molar-refractivity contribution is -0.128. The Morgan fingerprint density at radius 2 is 1.55 bits per heavy atom. The van der Waals surface area contributed by atoms with Gasteiger partial charge in [0.05, 0.1) is 22.8 Å². The van der Waals surface area contributed by atoms with E-state index in [1.165, 1.54) is 33.5 Å². The number of benzene rings is 4. The van der Waals surface area contributed by atoms with Gasteiger partial charge in [-0.15, -0.1) is 0 Å². The molecule has 0 unspecified atom stereocenters. The molecule has 0 saturated carbocycles. The van der Waals surface area contributed by atoms with Crippen molar-refractivity contribution in [1.29, 1.82) is 0 Å². The highest BCUT2D eigenvalue weighted by atomic mass is 32.2. The van der Waals surface area contributed by atoms with Gasteiger partial charge in [0.2, 0.25) is 0 Å². The molecule has 0 fully saturated rings. The van der Waals surface area contributed by atoms with Gasteiger partial charge in [-0.3, -0.25) is 13.9 Å². The number of carbonyl (C=O) groups excluding carboxylic acids is 2. The lowest BCUT2D eigenvalue weighted by atomic mass is 10.1. The zero-order valence-electron chi connectivity index (χ0n) is 22.7. The summed E-state index contributed by atoms with van der Waals surface area (Å²) in [6.07, 6.45) is -0.230. The molecule has 0 saturated heterocycles. The molecule has 2 aliphatic rings. The summed E-state index contributed by atoms with van der Waals surface area (Å²) in [6, 6.07) is 30.1. The number of fused-ring (bicyclic) bond motifs is 2. The third-order valence-electron chi connectivity index (χ3n) is 7.30. The van der Waals surface area contributed by atoms with Gasteiger partial charge >= 0.3 is 0 Å². The van der Waals surface area contributed by atoms with Crippen LogP contribution in [0, 0.1) is 0 Å². The van der Waals surface area contributed by atoms with Crippen LogP contribution in [0.5, 0.6) is 11.5 Å². The van der Waals surface area contributed by atoms with Gasteiger partial charge in [-0.05, 0) is 60.0 Å². The first-order valence-corrected chi connectivity index (χ1v) is 15.1. The van der Waals surface area contributed by atoms with Gasteiger partial charge in [0.15, 0.2) is 12.7 Å². The molecule has 4 aromatic rings. The predicted octanol–water partition coefficient (Wildman–Crippen LogP) is 3.93. The standard InChI is InChI=1S/C32H29N3O6S/c36-31(22-40-25-14-16-26(17-15-25)42(38,39)35-19-18-24-10-4-5-11-27(24)35)34-21-30(41-29-13-7-6-12-28(29)34)32(37)33-20-23-8-2-1-3-9-23/h1-17,30H,18-22H2,(H,33,37)/t30-/m0/s1. The molecule has 214 valence electrons. The Morgan fingerprint density at radius 1 is 0.857 bits per heavy atom. The molecule has 2 amide bonds. The van der Waals surface area contributed by atoms with Crippen molar-refractivity contribution >= 4 is 33.2 Å².